The highest BCUT2D eigenvalue weighted by atomic mass is 35.5. The van der Waals surface area contributed by atoms with Crippen molar-refractivity contribution in [3.63, 3.8) is 0 Å². The molecule has 118 valence electrons. The van der Waals surface area contributed by atoms with E-state index in [4.69, 9.17) is 11.6 Å². The van der Waals surface area contributed by atoms with Crippen LogP contribution in [0, 0.1) is 0 Å². The summed E-state index contributed by atoms with van der Waals surface area (Å²) in [6.45, 7) is -0.0902. The molecule has 1 aromatic rings. The van der Waals surface area contributed by atoms with Gasteiger partial charge in [-0.05, 0) is 30.5 Å². The van der Waals surface area contributed by atoms with Crippen molar-refractivity contribution in [3.05, 3.63) is 34.9 Å². The molecule has 0 aliphatic carbocycles. The van der Waals surface area contributed by atoms with Gasteiger partial charge in [-0.2, -0.15) is 17.5 Å². The van der Waals surface area contributed by atoms with Gasteiger partial charge in [0, 0.05) is 11.6 Å². The zero-order valence-electron chi connectivity index (χ0n) is 11.1. The zero-order chi connectivity index (χ0) is 15.7. The minimum atomic E-state index is -4.54. The van der Waals surface area contributed by atoms with Gasteiger partial charge in [-0.1, -0.05) is 30.2 Å². The van der Waals surface area contributed by atoms with Gasteiger partial charge in [-0.25, -0.2) is 8.42 Å². The van der Waals surface area contributed by atoms with Crippen molar-refractivity contribution in [2.75, 3.05) is 6.54 Å². The summed E-state index contributed by atoms with van der Waals surface area (Å²) in [6.07, 6.45) is -3.89. The van der Waals surface area contributed by atoms with Gasteiger partial charge in [0.1, 0.15) is 6.04 Å². The maximum Gasteiger partial charge on any atom is 0.405 e. The standard InChI is InChI=1S/C13H15ClF3NO2S/c14-11-5-3-4-10(8-11)9-21(19,20)18-7-2-1-6-12(18)13(15,16)17/h3-5,8,12H,1-2,6-7,9H2. The van der Waals surface area contributed by atoms with Crippen molar-refractivity contribution < 1.29 is 21.6 Å². The molecular formula is C13H15ClF3NO2S. The lowest BCUT2D eigenvalue weighted by molar-refractivity contribution is -0.177. The van der Waals surface area contributed by atoms with E-state index in [0.717, 1.165) is 0 Å². The summed E-state index contributed by atoms with van der Waals surface area (Å²) in [6, 6.07) is 4.22. The first kappa shape index (κ1) is 16.6. The van der Waals surface area contributed by atoms with Crippen molar-refractivity contribution >= 4 is 21.6 Å². The quantitative estimate of drug-likeness (QED) is 0.842. The largest absolute Gasteiger partial charge is 0.405 e. The molecule has 8 heteroatoms. The summed E-state index contributed by atoms with van der Waals surface area (Å²) in [5.74, 6) is -0.472. The molecule has 1 aromatic carbocycles. The fourth-order valence-corrected chi connectivity index (χ4v) is 4.48. The fourth-order valence-electron chi connectivity index (χ4n) is 2.49. The third-order valence-corrected chi connectivity index (χ3v) is 5.51. The van der Waals surface area contributed by atoms with Gasteiger partial charge >= 0.3 is 6.18 Å². The van der Waals surface area contributed by atoms with E-state index in [-0.39, 0.29) is 13.0 Å². The van der Waals surface area contributed by atoms with Crippen LogP contribution in [0.5, 0.6) is 0 Å². The van der Waals surface area contributed by atoms with Crippen LogP contribution in [-0.4, -0.2) is 31.5 Å². The molecule has 0 aromatic heterocycles. The van der Waals surface area contributed by atoms with Gasteiger partial charge < -0.3 is 0 Å². The van der Waals surface area contributed by atoms with Crippen LogP contribution >= 0.6 is 11.6 Å². The molecule has 0 amide bonds. The summed E-state index contributed by atoms with van der Waals surface area (Å²) in [5, 5.41) is 0.355. The number of rotatable bonds is 3. The number of nitrogens with zero attached hydrogens (tertiary/aromatic N) is 1. The number of hydrogen-bond donors (Lipinski definition) is 0. The normalized spacial score (nSPS) is 21.4. The van der Waals surface area contributed by atoms with E-state index >= 15 is 0 Å². The van der Waals surface area contributed by atoms with E-state index in [2.05, 4.69) is 0 Å². The Morgan fingerprint density at radius 1 is 1.29 bits per heavy atom. The molecule has 1 atom stereocenters. The van der Waals surface area contributed by atoms with Gasteiger partial charge in [0.2, 0.25) is 10.0 Å². The Morgan fingerprint density at radius 3 is 2.62 bits per heavy atom. The van der Waals surface area contributed by atoms with E-state index in [0.29, 0.717) is 27.7 Å². The Kier molecular flexibility index (Phi) is 4.85. The summed E-state index contributed by atoms with van der Waals surface area (Å²) < 4.78 is 64.2. The molecule has 1 aliphatic rings. The molecular weight excluding hydrogens is 327 g/mol. The molecule has 21 heavy (non-hydrogen) atoms. The molecule has 1 unspecified atom stereocenters. The van der Waals surface area contributed by atoms with Crippen LogP contribution in [0.4, 0.5) is 13.2 Å². The summed E-state index contributed by atoms with van der Waals surface area (Å²) in [4.78, 5) is 0. The topological polar surface area (TPSA) is 37.4 Å². The number of sulfonamides is 1. The first-order valence-corrected chi connectivity index (χ1v) is 8.49. The Bertz CT molecular complexity index is 604. The molecule has 0 radical (unpaired) electrons. The molecule has 0 saturated carbocycles. The second kappa shape index (κ2) is 6.14. The van der Waals surface area contributed by atoms with Crippen molar-refractivity contribution in [1.29, 1.82) is 0 Å². The second-order valence-electron chi connectivity index (χ2n) is 5.05. The first-order chi connectivity index (χ1) is 9.70. The molecule has 3 nitrogen and oxygen atoms in total. The zero-order valence-corrected chi connectivity index (χ0v) is 12.7. The predicted octanol–water partition coefficient (Wildman–Crippen LogP) is 3.59. The predicted molar refractivity (Wildman–Crippen MR) is 74.5 cm³/mol. The number of benzene rings is 1. The summed E-state index contributed by atoms with van der Waals surface area (Å²) in [7, 11) is -4.03. The van der Waals surface area contributed by atoms with Crippen LogP contribution < -0.4 is 0 Å². The molecule has 0 bridgehead atoms. The monoisotopic (exact) mass is 341 g/mol. The molecule has 0 spiro atoms. The molecule has 1 heterocycles. The fraction of sp³-hybridized carbons (Fsp3) is 0.538. The van der Waals surface area contributed by atoms with E-state index < -0.39 is 28.0 Å². The summed E-state index contributed by atoms with van der Waals surface area (Å²) >= 11 is 5.77. The minimum Gasteiger partial charge on any atom is -0.212 e. The highest BCUT2D eigenvalue weighted by Gasteiger charge is 2.48. The maximum atomic E-state index is 13.0. The number of alkyl halides is 3. The number of piperidine rings is 1. The van der Waals surface area contributed by atoms with E-state index in [1.165, 1.54) is 12.1 Å². The smallest absolute Gasteiger partial charge is 0.212 e. The van der Waals surface area contributed by atoms with Crippen LogP contribution in [0.3, 0.4) is 0 Å². The lowest BCUT2D eigenvalue weighted by Gasteiger charge is -2.35. The highest BCUT2D eigenvalue weighted by molar-refractivity contribution is 7.88. The van der Waals surface area contributed by atoms with Crippen molar-refractivity contribution in [2.45, 2.75) is 37.2 Å². The van der Waals surface area contributed by atoms with Crippen molar-refractivity contribution in [1.82, 2.24) is 4.31 Å². The molecule has 1 saturated heterocycles. The SMILES string of the molecule is O=S(=O)(Cc1cccc(Cl)c1)N1CCCCC1C(F)(F)F. The average Bonchev–Trinajstić information content (AvgIpc) is 2.37. The minimum absolute atomic E-state index is 0.0902. The lowest BCUT2D eigenvalue weighted by atomic mass is 10.0. The van der Waals surface area contributed by atoms with Crippen molar-refractivity contribution in [3.8, 4) is 0 Å². The van der Waals surface area contributed by atoms with E-state index in [1.54, 1.807) is 12.1 Å². The van der Waals surface area contributed by atoms with Crippen molar-refractivity contribution in [2.24, 2.45) is 0 Å². The Morgan fingerprint density at radius 2 is 2.00 bits per heavy atom. The maximum absolute atomic E-state index is 13.0. The van der Waals surface area contributed by atoms with Gasteiger partial charge in [-0.15, -0.1) is 0 Å². The second-order valence-corrected chi connectivity index (χ2v) is 7.41. The highest BCUT2D eigenvalue weighted by Crippen LogP contribution is 2.34. The van der Waals surface area contributed by atoms with Crippen LogP contribution in [0.1, 0.15) is 24.8 Å². The molecule has 1 fully saturated rings. The third-order valence-electron chi connectivity index (χ3n) is 3.43. The average molecular weight is 342 g/mol. The van der Waals surface area contributed by atoms with Gasteiger partial charge in [0.05, 0.1) is 5.75 Å². The van der Waals surface area contributed by atoms with Gasteiger partial charge in [-0.3, -0.25) is 0 Å². The number of hydrogen-bond acceptors (Lipinski definition) is 2. The van der Waals surface area contributed by atoms with E-state index in [1.807, 2.05) is 0 Å². The van der Waals surface area contributed by atoms with Crippen LogP contribution in [0.2, 0.25) is 5.02 Å². The molecule has 2 rings (SSSR count). The Hall–Kier alpha value is -0.790. The van der Waals surface area contributed by atoms with Gasteiger partial charge in [0.25, 0.3) is 0 Å². The van der Waals surface area contributed by atoms with Crippen LogP contribution in [-0.2, 0) is 15.8 Å². The van der Waals surface area contributed by atoms with Gasteiger partial charge in [0.15, 0.2) is 0 Å². The molecule has 1 aliphatic heterocycles. The number of halogens is 4. The molecule has 0 N–H and O–H groups in total. The Balaban J connectivity index is 2.24. The third kappa shape index (κ3) is 4.11. The Labute approximate surface area is 126 Å². The van der Waals surface area contributed by atoms with Crippen LogP contribution in [0.25, 0.3) is 0 Å². The lowest BCUT2D eigenvalue weighted by Crippen LogP contribution is -2.51. The summed E-state index contributed by atoms with van der Waals surface area (Å²) in [5.41, 5.74) is 0.383. The first-order valence-electron chi connectivity index (χ1n) is 6.51. The van der Waals surface area contributed by atoms with E-state index in [9.17, 15) is 21.6 Å². The van der Waals surface area contributed by atoms with Crippen LogP contribution in [0.15, 0.2) is 24.3 Å².